The molecule has 18 heavy (non-hydrogen) atoms. The fourth-order valence-electron chi connectivity index (χ4n) is 1.86. The van der Waals surface area contributed by atoms with Gasteiger partial charge in [0.25, 0.3) is 0 Å². The first-order valence-corrected chi connectivity index (χ1v) is 7.56. The van der Waals surface area contributed by atoms with Crippen LogP contribution in [0.3, 0.4) is 0 Å². The Kier molecular flexibility index (Phi) is 3.32. The summed E-state index contributed by atoms with van der Waals surface area (Å²) in [5.74, 6) is 0. The van der Waals surface area contributed by atoms with Crippen LogP contribution < -0.4 is 0 Å². The van der Waals surface area contributed by atoms with Gasteiger partial charge in [-0.15, -0.1) is 0 Å². The molecule has 0 radical (unpaired) electrons. The maximum absolute atomic E-state index is 6.33. The SMILES string of the molecule is Clc1cc(Cl)c2oc3cc(Br)c(Br)c(Cl)c3c2c1. The topological polar surface area (TPSA) is 13.1 Å². The smallest absolute Gasteiger partial charge is 0.154 e. The number of benzene rings is 2. The van der Waals surface area contributed by atoms with Crippen molar-refractivity contribution in [3.63, 3.8) is 0 Å². The van der Waals surface area contributed by atoms with E-state index in [0.29, 0.717) is 26.2 Å². The molecule has 1 heterocycles. The van der Waals surface area contributed by atoms with Crippen molar-refractivity contribution in [1.29, 1.82) is 0 Å². The molecule has 0 N–H and O–H groups in total. The quantitative estimate of drug-likeness (QED) is 0.349. The third-order valence-electron chi connectivity index (χ3n) is 2.62. The molecule has 0 saturated carbocycles. The molecule has 0 bridgehead atoms. The van der Waals surface area contributed by atoms with Gasteiger partial charge in [-0.3, -0.25) is 0 Å². The van der Waals surface area contributed by atoms with Gasteiger partial charge in [0.2, 0.25) is 0 Å². The lowest BCUT2D eigenvalue weighted by molar-refractivity contribution is 0.668. The van der Waals surface area contributed by atoms with Crippen molar-refractivity contribution >= 4 is 88.6 Å². The van der Waals surface area contributed by atoms with Gasteiger partial charge in [0.05, 0.1) is 14.5 Å². The predicted molar refractivity (Wildman–Crippen MR) is 84.2 cm³/mol. The number of fused-ring (bicyclic) bond motifs is 3. The Bertz CT molecular complexity index is 795. The van der Waals surface area contributed by atoms with E-state index in [4.69, 9.17) is 39.2 Å². The molecular weight excluding hydrogens is 426 g/mol. The van der Waals surface area contributed by atoms with Crippen LogP contribution in [0.15, 0.2) is 31.6 Å². The average molecular weight is 429 g/mol. The minimum Gasteiger partial charge on any atom is -0.454 e. The molecule has 0 atom stereocenters. The summed E-state index contributed by atoms with van der Waals surface area (Å²) in [6.45, 7) is 0. The Hall–Kier alpha value is 0.0700. The van der Waals surface area contributed by atoms with Crippen molar-refractivity contribution in [3.05, 3.63) is 42.2 Å². The highest BCUT2D eigenvalue weighted by Gasteiger charge is 2.17. The minimum atomic E-state index is 0.469. The fraction of sp³-hybridized carbons (Fsp3) is 0. The maximum Gasteiger partial charge on any atom is 0.154 e. The monoisotopic (exact) mass is 426 g/mol. The number of rotatable bonds is 0. The zero-order valence-electron chi connectivity index (χ0n) is 8.53. The van der Waals surface area contributed by atoms with Gasteiger partial charge < -0.3 is 4.42 Å². The fourth-order valence-corrected chi connectivity index (χ4v) is 3.53. The maximum atomic E-state index is 6.33. The molecule has 0 amide bonds. The lowest BCUT2D eigenvalue weighted by Crippen LogP contribution is -1.75. The van der Waals surface area contributed by atoms with E-state index < -0.39 is 0 Å². The molecule has 6 heteroatoms. The summed E-state index contributed by atoms with van der Waals surface area (Å²) in [6, 6.07) is 5.28. The summed E-state index contributed by atoms with van der Waals surface area (Å²) in [5.41, 5.74) is 1.25. The van der Waals surface area contributed by atoms with Crippen LogP contribution in [0.25, 0.3) is 21.9 Å². The van der Waals surface area contributed by atoms with Gasteiger partial charge in [-0.25, -0.2) is 0 Å². The van der Waals surface area contributed by atoms with Crippen LogP contribution in [0.5, 0.6) is 0 Å². The molecule has 3 rings (SSSR count). The van der Waals surface area contributed by atoms with Crippen LogP contribution in [-0.4, -0.2) is 0 Å². The van der Waals surface area contributed by atoms with Crippen LogP contribution in [0.4, 0.5) is 0 Å². The van der Waals surface area contributed by atoms with Crippen LogP contribution in [0, 0.1) is 0 Å². The second-order valence-corrected chi connectivity index (χ2v) is 6.59. The first-order chi connectivity index (χ1) is 8.49. The van der Waals surface area contributed by atoms with E-state index in [9.17, 15) is 0 Å². The predicted octanol–water partition coefficient (Wildman–Crippen LogP) is 7.07. The number of furan rings is 1. The van der Waals surface area contributed by atoms with Crippen molar-refractivity contribution in [3.8, 4) is 0 Å². The number of hydrogen-bond donors (Lipinski definition) is 0. The normalized spacial score (nSPS) is 11.6. The highest BCUT2D eigenvalue weighted by Crippen LogP contribution is 2.44. The van der Waals surface area contributed by atoms with Crippen molar-refractivity contribution < 1.29 is 4.42 Å². The zero-order chi connectivity index (χ0) is 13.0. The van der Waals surface area contributed by atoms with Crippen LogP contribution in [-0.2, 0) is 0 Å². The summed E-state index contributed by atoms with van der Waals surface area (Å²) >= 11 is 25.3. The van der Waals surface area contributed by atoms with E-state index in [-0.39, 0.29) is 0 Å². The molecule has 92 valence electrons. The van der Waals surface area contributed by atoms with Gasteiger partial charge in [-0.05, 0) is 50.1 Å². The number of halogens is 5. The second-order valence-electron chi connectivity index (χ2n) is 3.73. The Morgan fingerprint density at radius 2 is 1.72 bits per heavy atom. The molecule has 1 nitrogen and oxygen atoms in total. The highest BCUT2D eigenvalue weighted by atomic mass is 79.9. The number of hydrogen-bond acceptors (Lipinski definition) is 1. The average Bonchev–Trinajstić information content (AvgIpc) is 2.65. The van der Waals surface area contributed by atoms with Crippen LogP contribution in [0.1, 0.15) is 0 Å². The van der Waals surface area contributed by atoms with Crippen molar-refractivity contribution in [2.45, 2.75) is 0 Å². The van der Waals surface area contributed by atoms with Gasteiger partial charge in [0.1, 0.15) is 5.58 Å². The molecule has 0 unspecified atom stereocenters. The van der Waals surface area contributed by atoms with Crippen molar-refractivity contribution in [2.75, 3.05) is 0 Å². The van der Waals surface area contributed by atoms with E-state index in [2.05, 4.69) is 31.9 Å². The molecule has 0 aliphatic heterocycles. The molecule has 3 aromatic rings. The van der Waals surface area contributed by atoms with Crippen LogP contribution >= 0.6 is 66.7 Å². The van der Waals surface area contributed by atoms with Gasteiger partial charge in [0.15, 0.2) is 5.58 Å². The highest BCUT2D eigenvalue weighted by molar-refractivity contribution is 9.13. The van der Waals surface area contributed by atoms with Gasteiger partial charge in [-0.2, -0.15) is 0 Å². The summed E-state index contributed by atoms with van der Waals surface area (Å²) in [6.07, 6.45) is 0. The Morgan fingerprint density at radius 3 is 2.44 bits per heavy atom. The first-order valence-electron chi connectivity index (χ1n) is 4.84. The second kappa shape index (κ2) is 4.57. The summed E-state index contributed by atoms with van der Waals surface area (Å²) < 4.78 is 7.32. The van der Waals surface area contributed by atoms with E-state index >= 15 is 0 Å². The first kappa shape index (κ1) is 13.1. The Balaban J connectivity index is 2.62. The Labute approximate surface area is 134 Å². The van der Waals surface area contributed by atoms with Gasteiger partial charge in [0, 0.05) is 20.3 Å². The largest absolute Gasteiger partial charge is 0.454 e. The van der Waals surface area contributed by atoms with E-state index in [1.807, 2.05) is 6.07 Å². The van der Waals surface area contributed by atoms with E-state index in [0.717, 1.165) is 19.7 Å². The van der Waals surface area contributed by atoms with Crippen molar-refractivity contribution in [1.82, 2.24) is 0 Å². The molecule has 0 spiro atoms. The molecule has 0 fully saturated rings. The third kappa shape index (κ3) is 1.88. The molecule has 1 aromatic heterocycles. The Morgan fingerprint density at radius 1 is 1.00 bits per heavy atom. The summed E-state index contributed by atoms with van der Waals surface area (Å²) in [7, 11) is 0. The standard InChI is InChI=1S/C12H3Br2Cl3O/c13-6-3-8-9(11(17)10(6)14)5-1-4(15)2-7(16)12(5)18-8/h1-3H. The van der Waals surface area contributed by atoms with Crippen molar-refractivity contribution in [2.24, 2.45) is 0 Å². The third-order valence-corrected chi connectivity index (χ3v) is 5.70. The lowest BCUT2D eigenvalue weighted by Gasteiger charge is -2.00. The minimum absolute atomic E-state index is 0.469. The molecule has 2 aromatic carbocycles. The van der Waals surface area contributed by atoms with E-state index in [1.165, 1.54) is 0 Å². The molecular formula is C12H3Br2Cl3O. The molecule has 0 aliphatic carbocycles. The van der Waals surface area contributed by atoms with E-state index in [1.54, 1.807) is 12.1 Å². The summed E-state index contributed by atoms with van der Waals surface area (Å²) in [5, 5.41) is 3.19. The summed E-state index contributed by atoms with van der Waals surface area (Å²) in [4.78, 5) is 0. The molecule has 0 aliphatic rings. The lowest BCUT2D eigenvalue weighted by atomic mass is 10.1. The van der Waals surface area contributed by atoms with Gasteiger partial charge >= 0.3 is 0 Å². The van der Waals surface area contributed by atoms with Gasteiger partial charge in [-0.1, -0.05) is 34.8 Å². The zero-order valence-corrected chi connectivity index (χ0v) is 14.0. The molecule has 0 saturated heterocycles. The van der Waals surface area contributed by atoms with Crippen LogP contribution in [0.2, 0.25) is 15.1 Å².